The number of benzene rings is 2. The zero-order valence-electron chi connectivity index (χ0n) is 15.7. The normalized spacial score (nSPS) is 12.0. The lowest BCUT2D eigenvalue weighted by molar-refractivity contribution is -0.384. The third-order valence-corrected chi connectivity index (χ3v) is 4.88. The largest absolute Gasteiger partial charge is 0.374 e. The van der Waals surface area contributed by atoms with Crippen LogP contribution in [0.1, 0.15) is 31.9 Å². The van der Waals surface area contributed by atoms with Gasteiger partial charge in [0, 0.05) is 23.6 Å². The number of nitrogens with one attached hydrogen (secondary N) is 1. The molecule has 1 atom stereocenters. The molecule has 1 N–H and O–H groups in total. The van der Waals surface area contributed by atoms with Crippen molar-refractivity contribution in [1.29, 1.82) is 0 Å². The van der Waals surface area contributed by atoms with Crippen LogP contribution in [-0.4, -0.2) is 22.2 Å². The minimum Gasteiger partial charge on any atom is -0.374 e. The Balaban J connectivity index is 1.85. The molecule has 0 spiro atoms. The Hall–Kier alpha value is -2.38. The molecular weight excluding hydrogens is 364 g/mol. The van der Waals surface area contributed by atoms with Crippen LogP contribution in [0.5, 0.6) is 0 Å². The monoisotopic (exact) mass is 388 g/mol. The Morgan fingerprint density at radius 2 is 1.81 bits per heavy atom. The summed E-state index contributed by atoms with van der Waals surface area (Å²) in [5.74, 6) is -0.0813. The maximum Gasteiger partial charge on any atom is 0.269 e. The van der Waals surface area contributed by atoms with E-state index in [2.05, 4.69) is 5.32 Å². The second-order valence-electron chi connectivity index (χ2n) is 6.41. The number of nitrogens with zero attached hydrogens (tertiary/aromatic N) is 1. The molecule has 1 amide bonds. The fourth-order valence-corrected chi connectivity index (χ4v) is 3.22. The molecule has 0 saturated carbocycles. The SMILES string of the molecule is CC(C)OCc1cccc(CNC(=O)C(C)Sc2ccc([N+](=O)[O-])cc2)c1. The molecule has 6 nitrogen and oxygen atoms in total. The minimum absolute atomic E-state index is 0.0396. The standard InChI is InChI=1S/C20H24N2O4S/c1-14(2)26-13-17-6-4-5-16(11-17)12-21-20(23)15(3)27-19-9-7-18(8-10-19)22(24)25/h4-11,14-15H,12-13H2,1-3H3,(H,21,23). The molecule has 0 aliphatic heterocycles. The van der Waals surface area contributed by atoms with Crippen molar-refractivity contribution in [3.63, 3.8) is 0 Å². The summed E-state index contributed by atoms with van der Waals surface area (Å²) in [7, 11) is 0. The summed E-state index contributed by atoms with van der Waals surface area (Å²) in [6, 6.07) is 14.1. The first-order chi connectivity index (χ1) is 12.8. The van der Waals surface area contributed by atoms with Crippen LogP contribution in [0.4, 0.5) is 5.69 Å². The molecule has 2 aromatic rings. The average molecular weight is 388 g/mol. The number of ether oxygens (including phenoxy) is 1. The van der Waals surface area contributed by atoms with Crippen molar-refractivity contribution in [1.82, 2.24) is 5.32 Å². The van der Waals surface area contributed by atoms with Gasteiger partial charge >= 0.3 is 0 Å². The van der Waals surface area contributed by atoms with Crippen LogP contribution in [0.15, 0.2) is 53.4 Å². The summed E-state index contributed by atoms with van der Waals surface area (Å²) in [6.45, 7) is 6.79. The highest BCUT2D eigenvalue weighted by atomic mass is 32.2. The fraction of sp³-hybridized carbons (Fsp3) is 0.350. The summed E-state index contributed by atoms with van der Waals surface area (Å²) in [5.41, 5.74) is 2.13. The number of hydrogen-bond donors (Lipinski definition) is 1. The number of amides is 1. The highest BCUT2D eigenvalue weighted by Crippen LogP contribution is 2.25. The summed E-state index contributed by atoms with van der Waals surface area (Å²) in [4.78, 5) is 23.4. The molecule has 2 aromatic carbocycles. The van der Waals surface area contributed by atoms with E-state index in [0.29, 0.717) is 13.2 Å². The van der Waals surface area contributed by atoms with Gasteiger partial charge in [0.2, 0.25) is 5.91 Å². The molecule has 0 aliphatic carbocycles. The first kappa shape index (κ1) is 20.9. The third-order valence-electron chi connectivity index (χ3n) is 3.77. The van der Waals surface area contributed by atoms with Gasteiger partial charge in [0.15, 0.2) is 0 Å². The van der Waals surface area contributed by atoms with Crippen LogP contribution in [-0.2, 0) is 22.7 Å². The Morgan fingerprint density at radius 1 is 1.15 bits per heavy atom. The Bertz CT molecular complexity index is 778. The van der Waals surface area contributed by atoms with Gasteiger partial charge in [-0.2, -0.15) is 0 Å². The summed E-state index contributed by atoms with van der Waals surface area (Å²) in [6.07, 6.45) is 0.172. The van der Waals surface area contributed by atoms with Crippen molar-refractivity contribution in [3.8, 4) is 0 Å². The van der Waals surface area contributed by atoms with Crippen molar-refractivity contribution >= 4 is 23.4 Å². The Kier molecular flexibility index (Phi) is 7.82. The molecule has 7 heteroatoms. The Labute approximate surface area is 163 Å². The molecule has 0 aromatic heterocycles. The summed E-state index contributed by atoms with van der Waals surface area (Å²) in [5, 5.41) is 13.3. The molecule has 27 heavy (non-hydrogen) atoms. The molecule has 0 heterocycles. The van der Waals surface area contributed by atoms with Crippen molar-refractivity contribution in [2.75, 3.05) is 0 Å². The van der Waals surface area contributed by atoms with E-state index in [1.807, 2.05) is 45.0 Å². The van der Waals surface area contributed by atoms with E-state index in [1.54, 1.807) is 12.1 Å². The lowest BCUT2D eigenvalue weighted by Gasteiger charge is -2.13. The second kappa shape index (κ2) is 10.1. The van der Waals surface area contributed by atoms with E-state index in [9.17, 15) is 14.9 Å². The number of carbonyl (C=O) groups is 1. The number of nitro benzene ring substituents is 1. The average Bonchev–Trinajstić information content (AvgIpc) is 2.65. The van der Waals surface area contributed by atoms with Gasteiger partial charge in [-0.15, -0.1) is 11.8 Å². The molecule has 2 rings (SSSR count). The molecule has 1 unspecified atom stereocenters. The van der Waals surface area contributed by atoms with E-state index >= 15 is 0 Å². The van der Waals surface area contributed by atoms with Gasteiger partial charge in [-0.05, 0) is 44.0 Å². The quantitative estimate of drug-likeness (QED) is 0.393. The van der Waals surface area contributed by atoms with Gasteiger partial charge in [0.1, 0.15) is 0 Å². The number of non-ortho nitro benzene ring substituents is 1. The maximum atomic E-state index is 12.3. The lowest BCUT2D eigenvalue weighted by atomic mass is 10.1. The van der Waals surface area contributed by atoms with Gasteiger partial charge in [0.25, 0.3) is 5.69 Å². The van der Waals surface area contributed by atoms with Gasteiger partial charge in [-0.25, -0.2) is 0 Å². The van der Waals surface area contributed by atoms with Crippen molar-refractivity contribution in [3.05, 3.63) is 69.8 Å². The van der Waals surface area contributed by atoms with Gasteiger partial charge in [0.05, 0.1) is 22.9 Å². The van der Waals surface area contributed by atoms with E-state index in [4.69, 9.17) is 4.74 Å². The number of rotatable bonds is 9. The summed E-state index contributed by atoms with van der Waals surface area (Å²) < 4.78 is 5.60. The lowest BCUT2D eigenvalue weighted by Crippen LogP contribution is -2.30. The topological polar surface area (TPSA) is 81.5 Å². The first-order valence-electron chi connectivity index (χ1n) is 8.73. The van der Waals surface area contributed by atoms with Crippen molar-refractivity contribution in [2.24, 2.45) is 0 Å². The zero-order chi connectivity index (χ0) is 19.8. The number of hydrogen-bond acceptors (Lipinski definition) is 5. The predicted octanol–water partition coefficient (Wildman–Crippen LogP) is 4.32. The molecule has 0 aliphatic rings. The highest BCUT2D eigenvalue weighted by Gasteiger charge is 2.15. The van der Waals surface area contributed by atoms with Crippen LogP contribution in [0, 0.1) is 10.1 Å². The van der Waals surface area contributed by atoms with E-state index in [-0.39, 0.29) is 22.9 Å². The summed E-state index contributed by atoms with van der Waals surface area (Å²) >= 11 is 1.37. The minimum atomic E-state index is -0.440. The van der Waals surface area contributed by atoms with E-state index < -0.39 is 4.92 Å². The molecular formula is C20H24N2O4S. The Morgan fingerprint density at radius 3 is 2.44 bits per heavy atom. The van der Waals surface area contributed by atoms with Crippen LogP contribution < -0.4 is 5.32 Å². The van der Waals surface area contributed by atoms with Crippen LogP contribution in [0.2, 0.25) is 0 Å². The van der Waals surface area contributed by atoms with E-state index in [0.717, 1.165) is 16.0 Å². The molecule has 144 valence electrons. The first-order valence-corrected chi connectivity index (χ1v) is 9.61. The van der Waals surface area contributed by atoms with E-state index in [1.165, 1.54) is 23.9 Å². The van der Waals surface area contributed by atoms with Gasteiger partial charge in [-0.3, -0.25) is 14.9 Å². The zero-order valence-corrected chi connectivity index (χ0v) is 16.5. The molecule has 0 saturated heterocycles. The van der Waals surface area contributed by atoms with Crippen molar-refractivity contribution in [2.45, 2.75) is 50.2 Å². The number of thioether (sulfide) groups is 1. The van der Waals surface area contributed by atoms with Gasteiger partial charge in [-0.1, -0.05) is 24.3 Å². The number of carbonyl (C=O) groups excluding carboxylic acids is 1. The fourth-order valence-electron chi connectivity index (χ4n) is 2.33. The van der Waals surface area contributed by atoms with Crippen molar-refractivity contribution < 1.29 is 14.5 Å². The van der Waals surface area contributed by atoms with Crippen LogP contribution >= 0.6 is 11.8 Å². The highest BCUT2D eigenvalue weighted by molar-refractivity contribution is 8.00. The number of nitro groups is 1. The van der Waals surface area contributed by atoms with Crippen LogP contribution in [0.25, 0.3) is 0 Å². The second-order valence-corrected chi connectivity index (χ2v) is 7.82. The van der Waals surface area contributed by atoms with Gasteiger partial charge < -0.3 is 10.1 Å². The third kappa shape index (κ3) is 7.03. The molecule has 0 bridgehead atoms. The smallest absolute Gasteiger partial charge is 0.269 e. The maximum absolute atomic E-state index is 12.3. The molecule has 0 radical (unpaired) electrons. The molecule has 0 fully saturated rings. The van der Waals surface area contributed by atoms with Crippen LogP contribution in [0.3, 0.4) is 0 Å². The predicted molar refractivity (Wildman–Crippen MR) is 107 cm³/mol.